The first-order valence-corrected chi connectivity index (χ1v) is 9.58. The van der Waals surface area contributed by atoms with Crippen molar-refractivity contribution in [2.24, 2.45) is 0 Å². The SMILES string of the molecule is CCOC(=O)C(C)NC(=O)N1CCCN(c2nc3cccnc3s2)CC1. The average molecular weight is 377 g/mol. The van der Waals surface area contributed by atoms with Gasteiger partial charge in [-0.1, -0.05) is 11.3 Å². The van der Waals surface area contributed by atoms with Gasteiger partial charge >= 0.3 is 12.0 Å². The molecule has 1 fully saturated rings. The lowest BCUT2D eigenvalue weighted by Crippen LogP contribution is -2.48. The fourth-order valence-electron chi connectivity index (χ4n) is 2.81. The number of esters is 1. The van der Waals surface area contributed by atoms with E-state index in [1.165, 1.54) is 0 Å². The van der Waals surface area contributed by atoms with Crippen LogP contribution >= 0.6 is 11.3 Å². The topological polar surface area (TPSA) is 87.7 Å². The van der Waals surface area contributed by atoms with Crippen molar-refractivity contribution >= 4 is 38.8 Å². The standard InChI is InChI=1S/C17H23N5O3S/c1-3-25-15(23)12(2)19-16(24)21-8-5-9-22(11-10-21)17-20-13-6-4-7-18-14(13)26-17/h4,6-7,12H,3,5,8-11H2,1-2H3,(H,19,24). The molecule has 1 N–H and O–H groups in total. The summed E-state index contributed by atoms with van der Waals surface area (Å²) < 4.78 is 4.93. The third kappa shape index (κ3) is 4.21. The van der Waals surface area contributed by atoms with Gasteiger partial charge in [-0.25, -0.2) is 19.6 Å². The van der Waals surface area contributed by atoms with Gasteiger partial charge in [-0.2, -0.15) is 0 Å². The normalized spacial score (nSPS) is 16.2. The lowest BCUT2D eigenvalue weighted by molar-refractivity contribution is -0.144. The van der Waals surface area contributed by atoms with Crippen molar-refractivity contribution in [2.45, 2.75) is 26.3 Å². The van der Waals surface area contributed by atoms with Gasteiger partial charge < -0.3 is 19.9 Å². The van der Waals surface area contributed by atoms with Crippen molar-refractivity contribution in [3.63, 3.8) is 0 Å². The number of carbonyl (C=O) groups is 2. The Kier molecular flexibility index (Phi) is 5.87. The molecule has 0 spiro atoms. The minimum absolute atomic E-state index is 0.238. The number of pyridine rings is 1. The third-order valence-corrected chi connectivity index (χ3v) is 5.23. The number of hydrogen-bond acceptors (Lipinski definition) is 7. The van der Waals surface area contributed by atoms with E-state index in [1.54, 1.807) is 36.3 Å². The lowest BCUT2D eigenvalue weighted by atomic mass is 10.3. The summed E-state index contributed by atoms with van der Waals surface area (Å²) in [6.07, 6.45) is 2.61. The predicted molar refractivity (Wildman–Crippen MR) is 100 cm³/mol. The van der Waals surface area contributed by atoms with Gasteiger partial charge in [0.15, 0.2) is 5.13 Å². The maximum absolute atomic E-state index is 12.4. The highest BCUT2D eigenvalue weighted by Gasteiger charge is 2.24. The van der Waals surface area contributed by atoms with Crippen molar-refractivity contribution in [1.82, 2.24) is 20.2 Å². The second kappa shape index (κ2) is 8.31. The maximum atomic E-state index is 12.4. The van der Waals surface area contributed by atoms with Crippen molar-refractivity contribution < 1.29 is 14.3 Å². The van der Waals surface area contributed by atoms with Crippen LogP contribution in [0.2, 0.25) is 0 Å². The van der Waals surface area contributed by atoms with Crippen molar-refractivity contribution in [2.75, 3.05) is 37.7 Å². The molecule has 140 valence electrons. The number of ether oxygens (including phenoxy) is 1. The Morgan fingerprint density at radius 2 is 2.19 bits per heavy atom. The molecular formula is C17H23N5O3S. The van der Waals surface area contributed by atoms with Crippen LogP contribution in [-0.4, -0.2) is 65.7 Å². The molecule has 0 aromatic carbocycles. The fourth-order valence-corrected chi connectivity index (χ4v) is 3.77. The van der Waals surface area contributed by atoms with Crippen LogP contribution < -0.4 is 10.2 Å². The number of rotatable bonds is 4. The van der Waals surface area contributed by atoms with E-state index in [-0.39, 0.29) is 6.03 Å². The van der Waals surface area contributed by atoms with Crippen molar-refractivity contribution in [3.8, 4) is 0 Å². The molecule has 8 nitrogen and oxygen atoms in total. The number of thiazole rings is 1. The molecule has 1 atom stereocenters. The Hall–Kier alpha value is -2.42. The molecule has 1 aliphatic heterocycles. The van der Waals surface area contributed by atoms with Crippen molar-refractivity contribution in [3.05, 3.63) is 18.3 Å². The number of hydrogen-bond donors (Lipinski definition) is 1. The Balaban J connectivity index is 1.59. The Labute approximate surface area is 156 Å². The molecule has 0 saturated carbocycles. The van der Waals surface area contributed by atoms with Gasteiger partial charge in [0.2, 0.25) is 0 Å². The van der Waals surface area contributed by atoms with Gasteiger partial charge in [-0.05, 0) is 32.4 Å². The van der Waals surface area contributed by atoms with Crippen LogP contribution in [0.25, 0.3) is 10.3 Å². The highest BCUT2D eigenvalue weighted by atomic mass is 32.1. The molecular weight excluding hydrogens is 354 g/mol. The van der Waals surface area contributed by atoms with E-state index < -0.39 is 12.0 Å². The van der Waals surface area contributed by atoms with Crippen LogP contribution in [0.5, 0.6) is 0 Å². The first-order chi connectivity index (χ1) is 12.6. The summed E-state index contributed by atoms with van der Waals surface area (Å²) in [4.78, 5) is 37.9. The largest absolute Gasteiger partial charge is 0.464 e. The number of nitrogens with one attached hydrogen (secondary N) is 1. The molecule has 1 unspecified atom stereocenters. The van der Waals surface area contributed by atoms with Crippen molar-refractivity contribution in [1.29, 1.82) is 0 Å². The van der Waals surface area contributed by atoms with Crippen LogP contribution in [-0.2, 0) is 9.53 Å². The van der Waals surface area contributed by atoms with E-state index in [2.05, 4.69) is 20.2 Å². The first-order valence-electron chi connectivity index (χ1n) is 8.77. The van der Waals surface area contributed by atoms with E-state index in [4.69, 9.17) is 4.74 Å². The van der Waals surface area contributed by atoms with Crippen LogP contribution in [0.4, 0.5) is 9.93 Å². The van der Waals surface area contributed by atoms with Gasteiger partial charge in [-0.15, -0.1) is 0 Å². The average Bonchev–Trinajstić information content (AvgIpc) is 2.90. The molecule has 0 bridgehead atoms. The summed E-state index contributed by atoms with van der Waals surface area (Å²) in [5.41, 5.74) is 0.898. The number of carbonyl (C=O) groups excluding carboxylic acids is 2. The Bertz CT molecular complexity index is 748. The number of nitrogens with zero attached hydrogens (tertiary/aromatic N) is 4. The van der Waals surface area contributed by atoms with E-state index in [0.717, 1.165) is 28.4 Å². The summed E-state index contributed by atoms with van der Waals surface area (Å²) in [5, 5.41) is 3.64. The first kappa shape index (κ1) is 18.4. The van der Waals surface area contributed by atoms with E-state index in [1.807, 2.05) is 12.1 Å². The second-order valence-electron chi connectivity index (χ2n) is 6.07. The van der Waals surface area contributed by atoms with E-state index >= 15 is 0 Å². The third-order valence-electron chi connectivity index (χ3n) is 4.19. The van der Waals surface area contributed by atoms with Gasteiger partial charge in [0.05, 0.1) is 6.61 Å². The van der Waals surface area contributed by atoms with Gasteiger partial charge in [0.25, 0.3) is 0 Å². The monoisotopic (exact) mass is 377 g/mol. The summed E-state index contributed by atoms with van der Waals surface area (Å²) in [5.74, 6) is -0.417. The minimum Gasteiger partial charge on any atom is -0.464 e. The Morgan fingerprint density at radius 1 is 1.35 bits per heavy atom. The quantitative estimate of drug-likeness (QED) is 0.819. The molecule has 2 amide bonds. The fraction of sp³-hybridized carbons (Fsp3) is 0.529. The molecule has 2 aromatic rings. The van der Waals surface area contributed by atoms with Crippen LogP contribution in [0.1, 0.15) is 20.3 Å². The number of aromatic nitrogens is 2. The van der Waals surface area contributed by atoms with E-state index in [0.29, 0.717) is 26.2 Å². The number of anilines is 1. The second-order valence-corrected chi connectivity index (χ2v) is 7.03. The minimum atomic E-state index is -0.655. The Morgan fingerprint density at radius 3 is 2.96 bits per heavy atom. The molecule has 0 radical (unpaired) electrons. The molecule has 26 heavy (non-hydrogen) atoms. The highest BCUT2D eigenvalue weighted by Crippen LogP contribution is 2.27. The summed E-state index contributed by atoms with van der Waals surface area (Å²) >= 11 is 1.57. The summed E-state index contributed by atoms with van der Waals surface area (Å²) in [6.45, 7) is 6.42. The summed E-state index contributed by atoms with van der Waals surface area (Å²) in [6, 6.07) is 2.94. The molecule has 3 heterocycles. The molecule has 1 aliphatic rings. The maximum Gasteiger partial charge on any atom is 0.328 e. The smallest absolute Gasteiger partial charge is 0.328 e. The number of amides is 2. The zero-order valence-corrected chi connectivity index (χ0v) is 15.8. The number of urea groups is 1. The predicted octanol–water partition coefficient (Wildman–Crippen LogP) is 1.86. The van der Waals surface area contributed by atoms with Gasteiger partial charge in [-0.3, -0.25) is 0 Å². The molecule has 3 rings (SSSR count). The zero-order valence-electron chi connectivity index (χ0n) is 15.0. The van der Waals surface area contributed by atoms with E-state index in [9.17, 15) is 9.59 Å². The molecule has 1 saturated heterocycles. The summed E-state index contributed by atoms with van der Waals surface area (Å²) in [7, 11) is 0. The molecule has 2 aromatic heterocycles. The number of fused-ring (bicyclic) bond motifs is 1. The van der Waals surface area contributed by atoms with Crippen LogP contribution in [0, 0.1) is 0 Å². The highest BCUT2D eigenvalue weighted by molar-refractivity contribution is 7.21. The molecule has 0 aliphatic carbocycles. The lowest BCUT2D eigenvalue weighted by Gasteiger charge is -2.23. The van der Waals surface area contributed by atoms with Gasteiger partial charge in [0, 0.05) is 32.4 Å². The zero-order chi connectivity index (χ0) is 18.5. The van der Waals surface area contributed by atoms with Gasteiger partial charge in [0.1, 0.15) is 16.4 Å². The molecule has 9 heteroatoms. The van der Waals surface area contributed by atoms with Crippen LogP contribution in [0.15, 0.2) is 18.3 Å². The van der Waals surface area contributed by atoms with Crippen LogP contribution in [0.3, 0.4) is 0 Å².